The molecular formula is C9H7NO2S. The molecule has 13 heavy (non-hydrogen) atoms. The topological polar surface area (TPSA) is 63.3 Å². The standard InChI is InChI=1S/C9H7NO2S/c10-7-3-5-1-2-6(4-11)8(12)9(5)13-7/h1-4,12H,10H2. The number of anilines is 1. The van der Waals surface area contributed by atoms with Gasteiger partial charge in [0.15, 0.2) is 6.29 Å². The van der Waals surface area contributed by atoms with Crippen molar-refractivity contribution in [1.29, 1.82) is 0 Å². The molecule has 0 radical (unpaired) electrons. The molecule has 0 bridgehead atoms. The first-order valence-corrected chi connectivity index (χ1v) is 4.50. The third-order valence-corrected chi connectivity index (χ3v) is 2.82. The third-order valence-electron chi connectivity index (χ3n) is 1.84. The van der Waals surface area contributed by atoms with E-state index in [0.717, 1.165) is 5.39 Å². The molecular weight excluding hydrogens is 186 g/mol. The molecule has 0 amide bonds. The van der Waals surface area contributed by atoms with Crippen molar-refractivity contribution >= 4 is 32.7 Å². The molecule has 4 heteroatoms. The molecule has 0 saturated carbocycles. The van der Waals surface area contributed by atoms with Gasteiger partial charge in [0, 0.05) is 0 Å². The fourth-order valence-electron chi connectivity index (χ4n) is 1.22. The van der Waals surface area contributed by atoms with E-state index in [0.29, 0.717) is 21.6 Å². The monoisotopic (exact) mass is 193 g/mol. The van der Waals surface area contributed by atoms with Crippen molar-refractivity contribution in [3.63, 3.8) is 0 Å². The zero-order chi connectivity index (χ0) is 9.42. The predicted octanol–water partition coefficient (Wildman–Crippen LogP) is 2.00. The number of aldehydes is 1. The molecule has 1 aromatic heterocycles. The van der Waals surface area contributed by atoms with Crippen molar-refractivity contribution in [1.82, 2.24) is 0 Å². The number of nitrogens with two attached hydrogens (primary N) is 1. The van der Waals surface area contributed by atoms with Crippen LogP contribution in [0.1, 0.15) is 10.4 Å². The first kappa shape index (κ1) is 8.07. The fraction of sp³-hybridized carbons (Fsp3) is 0. The van der Waals surface area contributed by atoms with Gasteiger partial charge in [-0.3, -0.25) is 4.79 Å². The van der Waals surface area contributed by atoms with Crippen LogP contribution in [0.2, 0.25) is 0 Å². The molecule has 0 aliphatic carbocycles. The summed E-state index contributed by atoms with van der Waals surface area (Å²) in [4.78, 5) is 10.5. The Labute approximate surface area is 78.4 Å². The fourth-order valence-corrected chi connectivity index (χ4v) is 2.10. The second-order valence-electron chi connectivity index (χ2n) is 2.69. The highest BCUT2D eigenvalue weighted by Gasteiger charge is 2.07. The number of carbonyl (C=O) groups is 1. The van der Waals surface area contributed by atoms with E-state index < -0.39 is 0 Å². The van der Waals surface area contributed by atoms with Crippen molar-refractivity contribution in [2.45, 2.75) is 0 Å². The quantitative estimate of drug-likeness (QED) is 0.681. The zero-order valence-corrected chi connectivity index (χ0v) is 7.47. The maximum atomic E-state index is 10.5. The number of rotatable bonds is 1. The maximum Gasteiger partial charge on any atom is 0.153 e. The Morgan fingerprint density at radius 3 is 2.92 bits per heavy atom. The van der Waals surface area contributed by atoms with Crippen LogP contribution < -0.4 is 5.73 Å². The second kappa shape index (κ2) is 2.74. The van der Waals surface area contributed by atoms with E-state index in [1.165, 1.54) is 11.3 Å². The van der Waals surface area contributed by atoms with Gasteiger partial charge in [-0.1, -0.05) is 6.07 Å². The second-order valence-corrected chi connectivity index (χ2v) is 3.77. The van der Waals surface area contributed by atoms with E-state index in [1.54, 1.807) is 18.2 Å². The summed E-state index contributed by atoms with van der Waals surface area (Å²) in [7, 11) is 0. The molecule has 1 heterocycles. The van der Waals surface area contributed by atoms with E-state index in [4.69, 9.17) is 5.73 Å². The molecule has 66 valence electrons. The minimum absolute atomic E-state index is 0.0224. The number of nitrogen functional groups attached to an aromatic ring is 1. The number of fused-ring (bicyclic) bond motifs is 1. The lowest BCUT2D eigenvalue weighted by Crippen LogP contribution is -1.79. The summed E-state index contributed by atoms with van der Waals surface area (Å²) < 4.78 is 0.669. The van der Waals surface area contributed by atoms with E-state index >= 15 is 0 Å². The van der Waals surface area contributed by atoms with E-state index in [2.05, 4.69) is 0 Å². The molecule has 0 fully saturated rings. The summed E-state index contributed by atoms with van der Waals surface area (Å²) in [5.41, 5.74) is 5.87. The van der Waals surface area contributed by atoms with Gasteiger partial charge in [-0.25, -0.2) is 0 Å². The minimum atomic E-state index is 0.0224. The number of benzene rings is 1. The van der Waals surface area contributed by atoms with Gasteiger partial charge in [0.05, 0.1) is 15.3 Å². The van der Waals surface area contributed by atoms with Crippen LogP contribution in [0, 0.1) is 0 Å². The molecule has 0 aliphatic rings. The van der Waals surface area contributed by atoms with Gasteiger partial charge in [-0.05, 0) is 17.5 Å². The number of phenolic OH excluding ortho intramolecular Hbond substituents is 1. The van der Waals surface area contributed by atoms with Crippen molar-refractivity contribution in [2.24, 2.45) is 0 Å². The number of hydrogen-bond acceptors (Lipinski definition) is 4. The highest BCUT2D eigenvalue weighted by molar-refractivity contribution is 7.23. The molecule has 2 aromatic rings. The molecule has 1 aromatic carbocycles. The predicted molar refractivity (Wildman–Crippen MR) is 53.3 cm³/mol. The summed E-state index contributed by atoms with van der Waals surface area (Å²) in [6.07, 6.45) is 0.630. The normalized spacial score (nSPS) is 10.5. The summed E-state index contributed by atoms with van der Waals surface area (Å²) in [6, 6.07) is 5.12. The summed E-state index contributed by atoms with van der Waals surface area (Å²) >= 11 is 1.28. The first-order chi connectivity index (χ1) is 6.22. The molecule has 3 nitrogen and oxygen atoms in total. The van der Waals surface area contributed by atoms with E-state index in [1.807, 2.05) is 0 Å². The number of hydrogen-bond donors (Lipinski definition) is 2. The lowest BCUT2D eigenvalue weighted by Gasteiger charge is -1.96. The first-order valence-electron chi connectivity index (χ1n) is 3.68. The maximum absolute atomic E-state index is 10.5. The van der Waals surface area contributed by atoms with Crippen LogP contribution >= 0.6 is 11.3 Å². The molecule has 0 aliphatic heterocycles. The molecule has 0 spiro atoms. The highest BCUT2D eigenvalue weighted by Crippen LogP contribution is 2.35. The molecule has 0 atom stereocenters. The zero-order valence-electron chi connectivity index (χ0n) is 6.65. The van der Waals surface area contributed by atoms with Crippen LogP contribution in [-0.2, 0) is 0 Å². The number of carbonyl (C=O) groups excluding carboxylic acids is 1. The molecule has 0 unspecified atom stereocenters. The number of thiophene rings is 1. The van der Waals surface area contributed by atoms with Crippen LogP contribution in [0.25, 0.3) is 10.1 Å². The van der Waals surface area contributed by atoms with Crippen molar-refractivity contribution < 1.29 is 9.90 Å². The Hall–Kier alpha value is -1.55. The highest BCUT2D eigenvalue weighted by atomic mass is 32.1. The van der Waals surface area contributed by atoms with Crippen molar-refractivity contribution in [3.8, 4) is 5.75 Å². The lowest BCUT2D eigenvalue weighted by molar-refractivity contribution is 0.112. The van der Waals surface area contributed by atoms with E-state index in [-0.39, 0.29) is 5.75 Å². The largest absolute Gasteiger partial charge is 0.506 e. The Kier molecular flexibility index (Phi) is 1.70. The molecule has 0 saturated heterocycles. The Morgan fingerprint density at radius 2 is 2.23 bits per heavy atom. The summed E-state index contributed by atoms with van der Waals surface area (Å²) in [5, 5.41) is 11.1. The molecule has 3 N–H and O–H groups in total. The number of aromatic hydroxyl groups is 1. The van der Waals surface area contributed by atoms with Gasteiger partial charge in [0.1, 0.15) is 5.75 Å². The van der Waals surface area contributed by atoms with Crippen molar-refractivity contribution in [2.75, 3.05) is 5.73 Å². The Bertz CT molecular complexity index is 476. The van der Waals surface area contributed by atoms with Gasteiger partial charge in [0.25, 0.3) is 0 Å². The van der Waals surface area contributed by atoms with Crippen LogP contribution in [0.15, 0.2) is 18.2 Å². The van der Waals surface area contributed by atoms with Gasteiger partial charge in [0.2, 0.25) is 0 Å². The van der Waals surface area contributed by atoms with Gasteiger partial charge in [-0.15, -0.1) is 11.3 Å². The average Bonchev–Trinajstić information content (AvgIpc) is 2.47. The van der Waals surface area contributed by atoms with Crippen LogP contribution in [0.3, 0.4) is 0 Å². The summed E-state index contributed by atoms with van der Waals surface area (Å²) in [5.74, 6) is 0.0224. The average molecular weight is 193 g/mol. The van der Waals surface area contributed by atoms with Crippen molar-refractivity contribution in [3.05, 3.63) is 23.8 Å². The van der Waals surface area contributed by atoms with Gasteiger partial charge < -0.3 is 10.8 Å². The molecule has 2 rings (SSSR count). The number of phenols is 1. The lowest BCUT2D eigenvalue weighted by atomic mass is 10.2. The SMILES string of the molecule is Nc1cc2ccc(C=O)c(O)c2s1. The van der Waals surface area contributed by atoms with E-state index in [9.17, 15) is 9.90 Å². The van der Waals surface area contributed by atoms with Gasteiger partial charge >= 0.3 is 0 Å². The smallest absolute Gasteiger partial charge is 0.153 e. The third kappa shape index (κ3) is 1.15. The Balaban J connectivity index is 2.85. The van der Waals surface area contributed by atoms with Crippen LogP contribution in [0.4, 0.5) is 5.00 Å². The van der Waals surface area contributed by atoms with Gasteiger partial charge in [-0.2, -0.15) is 0 Å². The van der Waals surface area contributed by atoms with Crippen LogP contribution in [0.5, 0.6) is 5.75 Å². The Morgan fingerprint density at radius 1 is 1.46 bits per heavy atom. The summed E-state index contributed by atoms with van der Waals surface area (Å²) in [6.45, 7) is 0. The van der Waals surface area contributed by atoms with Crippen LogP contribution in [-0.4, -0.2) is 11.4 Å². The minimum Gasteiger partial charge on any atom is -0.506 e.